The molecule has 0 fully saturated rings. The molecule has 0 spiro atoms. The van der Waals surface area contributed by atoms with Crippen LogP contribution >= 0.6 is 0 Å². The molecule has 6 nitrogen and oxygen atoms in total. The fourth-order valence-electron chi connectivity index (χ4n) is 3.83. The normalized spacial score (nSPS) is 12.9. The van der Waals surface area contributed by atoms with Crippen LogP contribution in [-0.4, -0.2) is 27.0 Å². The molecule has 0 aliphatic carbocycles. The van der Waals surface area contributed by atoms with Crippen molar-refractivity contribution in [3.05, 3.63) is 89.2 Å². The first kappa shape index (κ1) is 17.3. The fourth-order valence-corrected chi connectivity index (χ4v) is 3.83. The molecule has 0 atom stereocenters. The lowest BCUT2D eigenvalue weighted by molar-refractivity contribution is -0.119. The quantitative estimate of drug-likeness (QED) is 0.546. The van der Waals surface area contributed by atoms with E-state index in [9.17, 15) is 9.59 Å². The lowest BCUT2D eigenvalue weighted by atomic mass is 10.0. The topological polar surface area (TPSA) is 68.1 Å². The van der Waals surface area contributed by atoms with Crippen LogP contribution in [0.1, 0.15) is 5.56 Å². The van der Waals surface area contributed by atoms with Crippen molar-refractivity contribution in [1.29, 1.82) is 0 Å². The van der Waals surface area contributed by atoms with E-state index in [1.165, 1.54) is 10.9 Å². The standard InChI is InChI=1S/C23H18N4O2/c28-22(14-26-15-25-20-4-2-1-3-19(20)23(26)29)27-12-9-18-13-17(5-6-21(18)27)16-7-10-24-11-8-16/h1-8,10-11,13,15H,9,12,14H2. The van der Waals surface area contributed by atoms with E-state index in [1.807, 2.05) is 30.3 Å². The van der Waals surface area contributed by atoms with Crippen molar-refractivity contribution in [2.75, 3.05) is 11.4 Å². The minimum Gasteiger partial charge on any atom is -0.310 e. The summed E-state index contributed by atoms with van der Waals surface area (Å²) >= 11 is 0. The van der Waals surface area contributed by atoms with Gasteiger partial charge >= 0.3 is 0 Å². The van der Waals surface area contributed by atoms with Crippen LogP contribution in [0.5, 0.6) is 0 Å². The summed E-state index contributed by atoms with van der Waals surface area (Å²) in [5.74, 6) is -0.111. The number of anilines is 1. The Morgan fingerprint density at radius 3 is 2.69 bits per heavy atom. The van der Waals surface area contributed by atoms with Gasteiger partial charge in [0.1, 0.15) is 6.54 Å². The molecule has 3 heterocycles. The molecule has 1 amide bonds. The third-order valence-electron chi connectivity index (χ3n) is 5.33. The van der Waals surface area contributed by atoms with Gasteiger partial charge in [-0.05, 0) is 59.5 Å². The van der Waals surface area contributed by atoms with E-state index >= 15 is 0 Å². The highest BCUT2D eigenvalue weighted by molar-refractivity contribution is 5.96. The zero-order valence-electron chi connectivity index (χ0n) is 15.7. The van der Waals surface area contributed by atoms with E-state index in [0.29, 0.717) is 17.4 Å². The van der Waals surface area contributed by atoms with Crippen LogP contribution in [0, 0.1) is 0 Å². The molecule has 2 aromatic carbocycles. The molecular weight excluding hydrogens is 364 g/mol. The van der Waals surface area contributed by atoms with Crippen LogP contribution in [-0.2, 0) is 17.8 Å². The molecule has 1 aliphatic rings. The van der Waals surface area contributed by atoms with Gasteiger partial charge in [0.15, 0.2) is 0 Å². The molecule has 5 rings (SSSR count). The summed E-state index contributed by atoms with van der Waals surface area (Å²) in [6.07, 6.45) is 5.79. The Balaban J connectivity index is 1.42. The van der Waals surface area contributed by atoms with E-state index < -0.39 is 0 Å². The van der Waals surface area contributed by atoms with Crippen LogP contribution in [0.2, 0.25) is 0 Å². The molecular formula is C23H18N4O2. The molecule has 0 saturated carbocycles. The van der Waals surface area contributed by atoms with Gasteiger partial charge in [-0.15, -0.1) is 0 Å². The van der Waals surface area contributed by atoms with Crippen molar-refractivity contribution < 1.29 is 4.79 Å². The third-order valence-corrected chi connectivity index (χ3v) is 5.33. The number of carbonyl (C=O) groups excluding carboxylic acids is 1. The summed E-state index contributed by atoms with van der Waals surface area (Å²) in [7, 11) is 0. The number of hydrogen-bond donors (Lipinski definition) is 0. The number of carbonyl (C=O) groups is 1. The van der Waals surface area contributed by atoms with Gasteiger partial charge in [-0.1, -0.05) is 18.2 Å². The molecule has 1 aliphatic heterocycles. The summed E-state index contributed by atoms with van der Waals surface area (Å²) < 4.78 is 1.38. The van der Waals surface area contributed by atoms with E-state index in [2.05, 4.69) is 16.0 Å². The SMILES string of the molecule is O=C(Cn1cnc2ccccc2c1=O)N1CCc2cc(-c3ccncc3)ccc21. The summed E-state index contributed by atoms with van der Waals surface area (Å²) in [6.45, 7) is 0.589. The second-order valence-corrected chi connectivity index (χ2v) is 7.07. The molecule has 2 aromatic heterocycles. The molecule has 142 valence electrons. The van der Waals surface area contributed by atoms with E-state index in [1.54, 1.807) is 35.5 Å². The number of pyridine rings is 1. The van der Waals surface area contributed by atoms with Gasteiger partial charge < -0.3 is 4.90 Å². The minimum absolute atomic E-state index is 0.0256. The summed E-state index contributed by atoms with van der Waals surface area (Å²) in [6, 6.07) is 17.2. The first-order chi connectivity index (χ1) is 14.2. The Bertz CT molecular complexity index is 1280. The number of amides is 1. The van der Waals surface area contributed by atoms with Gasteiger partial charge in [-0.25, -0.2) is 4.98 Å². The molecule has 0 unspecified atom stereocenters. The maximum absolute atomic E-state index is 13.0. The highest BCUT2D eigenvalue weighted by Crippen LogP contribution is 2.32. The third kappa shape index (κ3) is 3.08. The van der Waals surface area contributed by atoms with Crippen LogP contribution in [0.3, 0.4) is 0 Å². The fraction of sp³-hybridized carbons (Fsp3) is 0.130. The van der Waals surface area contributed by atoms with Gasteiger partial charge in [-0.3, -0.25) is 19.1 Å². The van der Waals surface area contributed by atoms with Gasteiger partial charge in [0.05, 0.1) is 17.2 Å². The molecule has 4 aromatic rings. The molecule has 0 N–H and O–H groups in total. The first-order valence-corrected chi connectivity index (χ1v) is 9.48. The van der Waals surface area contributed by atoms with E-state index in [0.717, 1.165) is 28.8 Å². The molecule has 6 heteroatoms. The molecule has 29 heavy (non-hydrogen) atoms. The summed E-state index contributed by atoms with van der Waals surface area (Å²) in [5, 5.41) is 0.520. The predicted molar refractivity (Wildman–Crippen MR) is 112 cm³/mol. The monoisotopic (exact) mass is 382 g/mol. The predicted octanol–water partition coefficient (Wildman–Crippen LogP) is 3.05. The maximum atomic E-state index is 13.0. The number of rotatable bonds is 3. The second kappa shape index (κ2) is 6.98. The average Bonchev–Trinajstić information content (AvgIpc) is 3.20. The van der Waals surface area contributed by atoms with Crippen molar-refractivity contribution in [2.45, 2.75) is 13.0 Å². The van der Waals surface area contributed by atoms with Crippen LogP contribution in [0.15, 0.2) is 78.1 Å². The smallest absolute Gasteiger partial charge is 0.261 e. The van der Waals surface area contributed by atoms with E-state index in [-0.39, 0.29) is 18.0 Å². The highest BCUT2D eigenvalue weighted by Gasteiger charge is 2.25. The second-order valence-electron chi connectivity index (χ2n) is 7.07. The molecule has 0 saturated heterocycles. The van der Waals surface area contributed by atoms with Crippen LogP contribution < -0.4 is 10.5 Å². The van der Waals surface area contributed by atoms with Crippen molar-refractivity contribution in [3.8, 4) is 11.1 Å². The van der Waals surface area contributed by atoms with Gasteiger partial charge in [0.2, 0.25) is 5.91 Å². The Labute approximate surface area is 167 Å². The number of fused-ring (bicyclic) bond motifs is 2. The Hall–Kier alpha value is -3.80. The van der Waals surface area contributed by atoms with E-state index in [4.69, 9.17) is 0 Å². The first-order valence-electron chi connectivity index (χ1n) is 9.48. The minimum atomic E-state index is -0.198. The van der Waals surface area contributed by atoms with Gasteiger partial charge in [0, 0.05) is 24.6 Å². The summed E-state index contributed by atoms with van der Waals surface area (Å²) in [5.41, 5.74) is 4.69. The Morgan fingerprint density at radius 1 is 1.00 bits per heavy atom. The zero-order chi connectivity index (χ0) is 19.8. The number of nitrogens with zero attached hydrogens (tertiary/aromatic N) is 4. The molecule has 0 bridgehead atoms. The maximum Gasteiger partial charge on any atom is 0.261 e. The lowest BCUT2D eigenvalue weighted by Crippen LogP contribution is -2.35. The Kier molecular flexibility index (Phi) is 4.17. The largest absolute Gasteiger partial charge is 0.310 e. The lowest BCUT2D eigenvalue weighted by Gasteiger charge is -2.18. The zero-order valence-corrected chi connectivity index (χ0v) is 15.7. The van der Waals surface area contributed by atoms with Crippen LogP contribution in [0.25, 0.3) is 22.0 Å². The highest BCUT2D eigenvalue weighted by atomic mass is 16.2. The number of aromatic nitrogens is 3. The number of benzene rings is 2. The molecule has 0 radical (unpaired) electrons. The van der Waals surface area contributed by atoms with Crippen molar-refractivity contribution >= 4 is 22.5 Å². The van der Waals surface area contributed by atoms with Gasteiger partial charge in [0.25, 0.3) is 5.56 Å². The number of para-hydroxylation sites is 1. The van der Waals surface area contributed by atoms with Crippen molar-refractivity contribution in [1.82, 2.24) is 14.5 Å². The average molecular weight is 382 g/mol. The van der Waals surface area contributed by atoms with Crippen molar-refractivity contribution in [3.63, 3.8) is 0 Å². The van der Waals surface area contributed by atoms with Gasteiger partial charge in [-0.2, -0.15) is 0 Å². The van der Waals surface area contributed by atoms with Crippen molar-refractivity contribution in [2.24, 2.45) is 0 Å². The number of hydrogen-bond acceptors (Lipinski definition) is 4. The Morgan fingerprint density at radius 2 is 1.83 bits per heavy atom. The summed E-state index contributed by atoms with van der Waals surface area (Å²) in [4.78, 5) is 35.7. The van der Waals surface area contributed by atoms with Crippen LogP contribution in [0.4, 0.5) is 5.69 Å².